The zero-order chi connectivity index (χ0) is 10.8. The van der Waals surface area contributed by atoms with E-state index in [9.17, 15) is 0 Å². The van der Waals surface area contributed by atoms with E-state index in [1.54, 1.807) is 25.1 Å². The van der Waals surface area contributed by atoms with E-state index in [4.69, 9.17) is 33.4 Å². The van der Waals surface area contributed by atoms with Crippen molar-refractivity contribution >= 4 is 23.2 Å². The molecular weight excluding hydrogens is 223 g/mol. The molecule has 1 rings (SSSR count). The Morgan fingerprint density at radius 3 is 2.14 bits per heavy atom. The van der Waals surface area contributed by atoms with Crippen molar-refractivity contribution in [3.05, 3.63) is 33.8 Å². The van der Waals surface area contributed by atoms with Gasteiger partial charge in [0.2, 0.25) is 0 Å². The van der Waals surface area contributed by atoms with Gasteiger partial charge < -0.3 is 10.2 Å². The van der Waals surface area contributed by atoms with Crippen molar-refractivity contribution in [3.8, 4) is 0 Å². The first-order valence-corrected chi connectivity index (χ1v) is 4.96. The van der Waals surface area contributed by atoms with E-state index in [-0.39, 0.29) is 13.2 Å². The number of hydrogen-bond acceptors (Lipinski definition) is 2. The third-order valence-electron chi connectivity index (χ3n) is 2.31. The average molecular weight is 235 g/mol. The predicted molar refractivity (Wildman–Crippen MR) is 58.0 cm³/mol. The van der Waals surface area contributed by atoms with Crippen molar-refractivity contribution < 1.29 is 10.2 Å². The van der Waals surface area contributed by atoms with Gasteiger partial charge in [-0.25, -0.2) is 0 Å². The van der Waals surface area contributed by atoms with Crippen molar-refractivity contribution in [1.29, 1.82) is 0 Å². The summed E-state index contributed by atoms with van der Waals surface area (Å²) in [6, 6.07) is 5.07. The lowest BCUT2D eigenvalue weighted by molar-refractivity contribution is 0.129. The van der Waals surface area contributed by atoms with Gasteiger partial charge in [0.15, 0.2) is 0 Å². The first kappa shape index (κ1) is 11.8. The summed E-state index contributed by atoms with van der Waals surface area (Å²) in [5.41, 5.74) is 0.103. The van der Waals surface area contributed by atoms with E-state index in [0.717, 1.165) is 5.56 Å². The lowest BCUT2D eigenvalue weighted by Gasteiger charge is -2.25. The quantitative estimate of drug-likeness (QED) is 0.843. The van der Waals surface area contributed by atoms with Gasteiger partial charge in [0.1, 0.15) is 0 Å². The van der Waals surface area contributed by atoms with E-state index >= 15 is 0 Å². The number of aliphatic hydroxyl groups is 2. The molecule has 2 N–H and O–H groups in total. The molecule has 14 heavy (non-hydrogen) atoms. The lowest BCUT2D eigenvalue weighted by atomic mass is 9.84. The van der Waals surface area contributed by atoms with Gasteiger partial charge in [-0.15, -0.1) is 0 Å². The zero-order valence-corrected chi connectivity index (χ0v) is 9.31. The maximum absolute atomic E-state index is 9.16. The second-order valence-electron chi connectivity index (χ2n) is 3.51. The largest absolute Gasteiger partial charge is 0.395 e. The number of halogens is 2. The molecule has 0 amide bonds. The summed E-state index contributed by atoms with van der Waals surface area (Å²) in [4.78, 5) is 0. The summed E-state index contributed by atoms with van der Waals surface area (Å²) in [6.45, 7) is 1.48. The average Bonchev–Trinajstić information content (AvgIpc) is 2.21. The van der Waals surface area contributed by atoms with Crippen molar-refractivity contribution in [1.82, 2.24) is 0 Å². The van der Waals surface area contributed by atoms with Crippen LogP contribution in [-0.2, 0) is 5.41 Å². The number of rotatable bonds is 3. The third-order valence-corrected chi connectivity index (χ3v) is 3.05. The van der Waals surface area contributed by atoms with Gasteiger partial charge in [0.05, 0.1) is 23.3 Å². The van der Waals surface area contributed by atoms with Gasteiger partial charge in [-0.1, -0.05) is 36.2 Å². The Morgan fingerprint density at radius 2 is 1.71 bits per heavy atom. The molecule has 0 unspecified atom stereocenters. The summed E-state index contributed by atoms with van der Waals surface area (Å²) in [5, 5.41) is 19.2. The van der Waals surface area contributed by atoms with Crippen LogP contribution in [0.4, 0.5) is 0 Å². The van der Waals surface area contributed by atoms with Crippen LogP contribution >= 0.6 is 23.2 Å². The van der Waals surface area contributed by atoms with Crippen molar-refractivity contribution in [2.75, 3.05) is 13.2 Å². The van der Waals surface area contributed by atoms with E-state index in [1.165, 1.54) is 0 Å². The van der Waals surface area contributed by atoms with E-state index in [1.807, 2.05) is 0 Å². The summed E-state index contributed by atoms with van der Waals surface area (Å²) >= 11 is 11.6. The van der Waals surface area contributed by atoms with Crippen LogP contribution in [-0.4, -0.2) is 23.4 Å². The summed E-state index contributed by atoms with van der Waals surface area (Å²) in [6.07, 6.45) is 0. The highest BCUT2D eigenvalue weighted by molar-refractivity contribution is 6.42. The van der Waals surface area contributed by atoms with Crippen LogP contribution in [0.5, 0.6) is 0 Å². The molecule has 0 heterocycles. The molecule has 0 atom stereocenters. The molecule has 0 radical (unpaired) electrons. The molecule has 0 saturated heterocycles. The Bertz CT molecular complexity index is 322. The second-order valence-corrected chi connectivity index (χ2v) is 4.32. The Balaban J connectivity index is 3.12. The van der Waals surface area contributed by atoms with Gasteiger partial charge in [0, 0.05) is 5.41 Å². The lowest BCUT2D eigenvalue weighted by Crippen LogP contribution is -2.30. The van der Waals surface area contributed by atoms with Gasteiger partial charge in [-0.3, -0.25) is 0 Å². The molecule has 0 aromatic heterocycles. The first-order valence-electron chi connectivity index (χ1n) is 4.21. The molecule has 0 fully saturated rings. The first-order chi connectivity index (χ1) is 6.53. The van der Waals surface area contributed by atoms with E-state index in [0.29, 0.717) is 10.0 Å². The normalized spacial score (nSPS) is 11.8. The Morgan fingerprint density at radius 1 is 1.14 bits per heavy atom. The van der Waals surface area contributed by atoms with Crippen LogP contribution in [0.3, 0.4) is 0 Å². The minimum atomic E-state index is -0.672. The maximum atomic E-state index is 9.16. The SMILES string of the molecule is CC(CO)(CO)c1ccc(Cl)c(Cl)c1. The standard InChI is InChI=1S/C10H12Cl2O2/c1-10(5-13,6-14)7-2-3-8(11)9(12)4-7/h2-4,13-14H,5-6H2,1H3. The molecular formula is C10H12Cl2O2. The van der Waals surface area contributed by atoms with Gasteiger partial charge in [0.25, 0.3) is 0 Å². The molecule has 0 aliphatic heterocycles. The minimum absolute atomic E-state index is 0.137. The fourth-order valence-electron chi connectivity index (χ4n) is 1.10. The molecule has 0 bridgehead atoms. The highest BCUT2D eigenvalue weighted by Gasteiger charge is 2.25. The number of benzene rings is 1. The highest BCUT2D eigenvalue weighted by Crippen LogP contribution is 2.29. The van der Waals surface area contributed by atoms with Crippen LogP contribution < -0.4 is 0 Å². The van der Waals surface area contributed by atoms with Crippen LogP contribution in [0.15, 0.2) is 18.2 Å². The van der Waals surface area contributed by atoms with Crippen LogP contribution in [0.25, 0.3) is 0 Å². The topological polar surface area (TPSA) is 40.5 Å². The summed E-state index contributed by atoms with van der Waals surface area (Å²) < 4.78 is 0. The molecule has 0 saturated carbocycles. The Labute approximate surface area is 93.1 Å². The number of aliphatic hydroxyl groups excluding tert-OH is 2. The van der Waals surface area contributed by atoms with E-state index < -0.39 is 5.41 Å². The van der Waals surface area contributed by atoms with Gasteiger partial charge in [-0.2, -0.15) is 0 Å². The molecule has 4 heteroatoms. The van der Waals surface area contributed by atoms with Crippen LogP contribution in [0.2, 0.25) is 10.0 Å². The monoisotopic (exact) mass is 234 g/mol. The zero-order valence-electron chi connectivity index (χ0n) is 7.80. The maximum Gasteiger partial charge on any atom is 0.0595 e. The van der Waals surface area contributed by atoms with Crippen LogP contribution in [0, 0.1) is 0 Å². The summed E-state index contributed by atoms with van der Waals surface area (Å²) in [5.74, 6) is 0. The van der Waals surface area contributed by atoms with Crippen molar-refractivity contribution in [2.45, 2.75) is 12.3 Å². The Hall–Kier alpha value is -0.280. The summed E-state index contributed by atoms with van der Waals surface area (Å²) in [7, 11) is 0. The fourth-order valence-corrected chi connectivity index (χ4v) is 1.40. The predicted octanol–water partition coefficient (Wildman–Crippen LogP) is 2.24. The van der Waals surface area contributed by atoms with Gasteiger partial charge >= 0.3 is 0 Å². The molecule has 0 aliphatic rings. The highest BCUT2D eigenvalue weighted by atomic mass is 35.5. The molecule has 1 aromatic rings. The second kappa shape index (κ2) is 4.49. The molecule has 78 valence electrons. The molecule has 2 nitrogen and oxygen atoms in total. The number of hydrogen-bond donors (Lipinski definition) is 2. The van der Waals surface area contributed by atoms with Crippen molar-refractivity contribution in [2.24, 2.45) is 0 Å². The van der Waals surface area contributed by atoms with Crippen LogP contribution in [0.1, 0.15) is 12.5 Å². The van der Waals surface area contributed by atoms with Crippen molar-refractivity contribution in [3.63, 3.8) is 0 Å². The minimum Gasteiger partial charge on any atom is -0.395 e. The molecule has 1 aromatic carbocycles. The van der Waals surface area contributed by atoms with E-state index in [2.05, 4.69) is 0 Å². The molecule has 0 aliphatic carbocycles. The fraction of sp³-hybridized carbons (Fsp3) is 0.400. The van der Waals surface area contributed by atoms with Gasteiger partial charge in [-0.05, 0) is 17.7 Å². The smallest absolute Gasteiger partial charge is 0.0595 e. The third kappa shape index (κ3) is 2.20. The molecule has 0 spiro atoms. The Kier molecular flexibility index (Phi) is 3.78.